The molecule has 0 aromatic heterocycles. The van der Waals surface area contributed by atoms with Crippen molar-refractivity contribution < 1.29 is 47.5 Å². The molecule has 0 radical (unpaired) electrons. The molecule has 1 saturated carbocycles. The molecule has 5 rings (SSSR count). The van der Waals surface area contributed by atoms with Crippen molar-refractivity contribution >= 4 is 12.1 Å². The molecule has 4 saturated heterocycles. The van der Waals surface area contributed by atoms with Gasteiger partial charge in [0.05, 0.1) is 6.61 Å². The Kier molecular flexibility index (Phi) is 3.91. The maximum Gasteiger partial charge on any atom is 0.508 e. The summed E-state index contributed by atoms with van der Waals surface area (Å²) in [6.45, 7) is 9.11. The van der Waals surface area contributed by atoms with Crippen molar-refractivity contribution in [3.05, 3.63) is 0 Å². The highest BCUT2D eigenvalue weighted by molar-refractivity contribution is 5.78. The molecule has 162 valence electrons. The second kappa shape index (κ2) is 5.82. The summed E-state index contributed by atoms with van der Waals surface area (Å²) in [5.41, 5.74) is -1.93. The van der Waals surface area contributed by atoms with Gasteiger partial charge in [0.2, 0.25) is 6.29 Å². The van der Waals surface area contributed by atoms with Gasteiger partial charge in [0, 0.05) is 5.92 Å². The molecule has 6 atom stereocenters. The highest BCUT2D eigenvalue weighted by Gasteiger charge is 2.82. The Balaban J connectivity index is 1.36. The normalized spacial score (nSPS) is 45.7. The van der Waals surface area contributed by atoms with E-state index in [-0.39, 0.29) is 25.2 Å². The first-order valence-corrected chi connectivity index (χ1v) is 9.82. The van der Waals surface area contributed by atoms with Gasteiger partial charge in [-0.15, -0.1) is 0 Å². The minimum absolute atomic E-state index is 0.0428. The van der Waals surface area contributed by atoms with Crippen LogP contribution in [0, 0.1) is 11.3 Å². The molecule has 3 unspecified atom stereocenters. The van der Waals surface area contributed by atoms with E-state index in [2.05, 4.69) is 0 Å². The van der Waals surface area contributed by atoms with Crippen LogP contribution in [-0.2, 0) is 42.7 Å². The Hall–Kier alpha value is -1.46. The van der Waals surface area contributed by atoms with Crippen LogP contribution in [0.5, 0.6) is 0 Å². The Morgan fingerprint density at radius 2 is 1.59 bits per heavy atom. The molecule has 5 fully saturated rings. The number of fused-ring (bicyclic) bond motifs is 5. The lowest BCUT2D eigenvalue weighted by molar-refractivity contribution is -0.261. The van der Waals surface area contributed by atoms with Gasteiger partial charge in [-0.25, -0.2) is 4.79 Å². The summed E-state index contributed by atoms with van der Waals surface area (Å²) in [6.07, 6.45) is -3.10. The van der Waals surface area contributed by atoms with E-state index in [1.165, 1.54) is 0 Å². The monoisotopic (exact) mass is 414 g/mol. The van der Waals surface area contributed by atoms with Crippen molar-refractivity contribution in [1.82, 2.24) is 0 Å². The van der Waals surface area contributed by atoms with E-state index in [4.69, 9.17) is 37.9 Å². The van der Waals surface area contributed by atoms with Crippen molar-refractivity contribution in [2.75, 3.05) is 19.8 Å². The summed E-state index contributed by atoms with van der Waals surface area (Å²) in [5.74, 6) is -2.23. The SMILES string of the molecule is CC1(C)OC[C@@H]2C(O1)C21OC(OC(=O)C2(C)COC(=O)OC2)[C@H]2OC(C)(C)O[C@H]21. The van der Waals surface area contributed by atoms with Crippen LogP contribution in [0.4, 0.5) is 4.79 Å². The van der Waals surface area contributed by atoms with E-state index < -0.39 is 53.2 Å². The van der Waals surface area contributed by atoms with Crippen LogP contribution < -0.4 is 0 Å². The van der Waals surface area contributed by atoms with E-state index in [9.17, 15) is 9.59 Å². The largest absolute Gasteiger partial charge is 0.508 e. The van der Waals surface area contributed by atoms with Gasteiger partial charge in [0.25, 0.3) is 0 Å². The van der Waals surface area contributed by atoms with Gasteiger partial charge < -0.3 is 37.9 Å². The van der Waals surface area contributed by atoms with Gasteiger partial charge in [-0.3, -0.25) is 4.79 Å². The van der Waals surface area contributed by atoms with Crippen molar-refractivity contribution in [1.29, 1.82) is 0 Å². The number of rotatable bonds is 2. The molecule has 4 aliphatic heterocycles. The number of ether oxygens (including phenoxy) is 8. The first kappa shape index (κ1) is 19.5. The fourth-order valence-corrected chi connectivity index (χ4v) is 4.62. The smallest absolute Gasteiger partial charge is 0.433 e. The van der Waals surface area contributed by atoms with E-state index in [0.29, 0.717) is 6.61 Å². The van der Waals surface area contributed by atoms with Crippen LogP contribution in [0.15, 0.2) is 0 Å². The quantitative estimate of drug-likeness (QED) is 0.610. The molecule has 0 N–H and O–H groups in total. The van der Waals surface area contributed by atoms with Gasteiger partial charge in [-0.2, -0.15) is 0 Å². The lowest BCUT2D eigenvalue weighted by Gasteiger charge is -2.31. The maximum absolute atomic E-state index is 12.9. The Bertz CT molecular complexity index is 737. The maximum atomic E-state index is 12.9. The van der Waals surface area contributed by atoms with Crippen molar-refractivity contribution in [3.8, 4) is 0 Å². The number of cyclic esters (lactones) is 2. The second-order valence-corrected chi connectivity index (χ2v) is 9.51. The van der Waals surface area contributed by atoms with Gasteiger partial charge in [-0.05, 0) is 34.6 Å². The third-order valence-electron chi connectivity index (χ3n) is 6.20. The van der Waals surface area contributed by atoms with Gasteiger partial charge in [0.1, 0.15) is 36.4 Å². The zero-order chi connectivity index (χ0) is 20.8. The molecule has 5 aliphatic rings. The van der Waals surface area contributed by atoms with Crippen LogP contribution in [0.3, 0.4) is 0 Å². The zero-order valence-corrected chi connectivity index (χ0v) is 17.1. The van der Waals surface area contributed by atoms with Gasteiger partial charge >= 0.3 is 12.1 Å². The first-order chi connectivity index (χ1) is 13.5. The molecule has 1 spiro atoms. The van der Waals surface area contributed by atoms with Crippen LogP contribution >= 0.6 is 0 Å². The highest BCUT2D eigenvalue weighted by atomic mass is 16.8. The molecule has 10 heteroatoms. The molecule has 29 heavy (non-hydrogen) atoms. The van der Waals surface area contributed by atoms with E-state index in [1.807, 2.05) is 13.8 Å². The molecule has 0 amide bonds. The Labute approximate surface area is 168 Å². The van der Waals surface area contributed by atoms with Crippen molar-refractivity contribution in [3.63, 3.8) is 0 Å². The molecular formula is C19H26O10. The standard InChI is InChI=1S/C19H26O10/c1-16(2)24-6-9-11(27-16)19(9)12-10(26-17(3,4)28-12)13(29-19)25-14(20)18(5)7-22-15(21)23-8-18/h9-13H,6-8H2,1-5H3/t9-,10+,11?,12-,13?,19?/m1/s1. The summed E-state index contributed by atoms with van der Waals surface area (Å²) in [5, 5.41) is 0. The number of hydrogen-bond acceptors (Lipinski definition) is 10. The van der Waals surface area contributed by atoms with Crippen LogP contribution in [0.25, 0.3) is 0 Å². The topological polar surface area (TPSA) is 108 Å². The average Bonchev–Trinajstić information content (AvgIpc) is 2.95. The summed E-state index contributed by atoms with van der Waals surface area (Å²) in [6, 6.07) is 0. The lowest BCUT2D eigenvalue weighted by atomic mass is 9.92. The minimum atomic E-state index is -1.13. The van der Waals surface area contributed by atoms with Crippen molar-refractivity contribution in [2.24, 2.45) is 11.3 Å². The highest BCUT2D eigenvalue weighted by Crippen LogP contribution is 2.64. The number of esters is 1. The molecular weight excluding hydrogens is 388 g/mol. The van der Waals surface area contributed by atoms with Crippen LogP contribution in [0.2, 0.25) is 0 Å². The zero-order valence-electron chi connectivity index (χ0n) is 17.1. The first-order valence-electron chi connectivity index (χ1n) is 9.82. The Morgan fingerprint density at radius 1 is 0.931 bits per heavy atom. The summed E-state index contributed by atoms with van der Waals surface area (Å²) >= 11 is 0. The fourth-order valence-electron chi connectivity index (χ4n) is 4.62. The van der Waals surface area contributed by atoms with Crippen LogP contribution in [-0.4, -0.2) is 73.7 Å². The number of hydrogen-bond donors (Lipinski definition) is 0. The van der Waals surface area contributed by atoms with E-state index in [0.717, 1.165) is 0 Å². The van der Waals surface area contributed by atoms with Crippen molar-refractivity contribution in [2.45, 2.75) is 76.4 Å². The predicted molar refractivity (Wildman–Crippen MR) is 91.3 cm³/mol. The van der Waals surface area contributed by atoms with Gasteiger partial charge in [0.15, 0.2) is 17.7 Å². The summed E-state index contributed by atoms with van der Waals surface area (Å²) in [4.78, 5) is 24.0. The van der Waals surface area contributed by atoms with Gasteiger partial charge in [-0.1, -0.05) is 0 Å². The molecule has 0 aromatic rings. The molecule has 0 bridgehead atoms. The molecule has 10 nitrogen and oxygen atoms in total. The van der Waals surface area contributed by atoms with E-state index in [1.54, 1.807) is 20.8 Å². The van der Waals surface area contributed by atoms with E-state index >= 15 is 0 Å². The van der Waals surface area contributed by atoms with Crippen LogP contribution in [0.1, 0.15) is 34.6 Å². The lowest BCUT2D eigenvalue weighted by Crippen LogP contribution is -2.46. The molecule has 1 aliphatic carbocycles. The third-order valence-corrected chi connectivity index (χ3v) is 6.20. The summed E-state index contributed by atoms with van der Waals surface area (Å²) in [7, 11) is 0. The average molecular weight is 414 g/mol. The fraction of sp³-hybridized carbons (Fsp3) is 0.895. The third kappa shape index (κ3) is 2.88. The predicted octanol–water partition coefficient (Wildman–Crippen LogP) is 1.10. The summed E-state index contributed by atoms with van der Waals surface area (Å²) < 4.78 is 45.6. The molecule has 0 aromatic carbocycles. The minimum Gasteiger partial charge on any atom is -0.433 e. The number of carbonyl (C=O) groups excluding carboxylic acids is 2. The number of carbonyl (C=O) groups is 2. The molecule has 4 heterocycles. The Morgan fingerprint density at radius 3 is 2.24 bits per heavy atom. The second-order valence-electron chi connectivity index (χ2n) is 9.51.